The molecule has 0 bridgehead atoms. The Balaban J connectivity index is 0.000000561. The molecular weight excluding hydrogens is 162 g/mol. The van der Waals surface area contributed by atoms with Gasteiger partial charge in [-0.3, -0.25) is 4.98 Å². The fourth-order valence-corrected chi connectivity index (χ4v) is 0.631. The average Bonchev–Trinajstić information content (AvgIpc) is 2.08. The van der Waals surface area contributed by atoms with Crippen molar-refractivity contribution in [1.29, 1.82) is 0 Å². The second-order valence-corrected chi connectivity index (χ2v) is 1.95. The van der Waals surface area contributed by atoms with E-state index < -0.39 is 5.34 Å². The Kier molecular flexibility index (Phi) is 4.92. The molecule has 12 heavy (non-hydrogen) atoms. The maximum absolute atomic E-state index is 11.7. The van der Waals surface area contributed by atoms with Gasteiger partial charge in [0.1, 0.15) is 5.69 Å². The summed E-state index contributed by atoms with van der Waals surface area (Å²) >= 11 is 0. The van der Waals surface area contributed by atoms with Crippen LogP contribution in [0.5, 0.6) is 0 Å². The third-order valence-electron chi connectivity index (χ3n) is 1.06. The minimum atomic E-state index is -0.958. The third-order valence-corrected chi connectivity index (χ3v) is 1.06. The summed E-state index contributed by atoms with van der Waals surface area (Å²) in [5, 5.41) is -0.958. The molecule has 1 aromatic heterocycles. The van der Waals surface area contributed by atoms with Crippen molar-refractivity contribution in [2.24, 2.45) is 0 Å². The van der Waals surface area contributed by atoms with Crippen molar-refractivity contribution < 1.29 is 8.96 Å². The van der Waals surface area contributed by atoms with E-state index in [1.54, 1.807) is 6.92 Å². The molecule has 0 radical (unpaired) electrons. The van der Waals surface area contributed by atoms with Crippen molar-refractivity contribution in [3.8, 4) is 0 Å². The first-order chi connectivity index (χ1) is 5.70. The molecule has 1 heterocycles. The van der Waals surface area contributed by atoms with E-state index in [2.05, 4.69) is 4.98 Å². The molecule has 1 aromatic rings. The number of hydrogen-bond donors (Lipinski definition) is 0. The van der Waals surface area contributed by atoms with Crippen molar-refractivity contribution >= 4 is 5.69 Å². The van der Waals surface area contributed by atoms with Crippen LogP contribution in [0, 0.1) is 6.92 Å². The van der Waals surface area contributed by atoms with Crippen LogP contribution in [0.3, 0.4) is 0 Å². The minimum absolute atomic E-state index is 0.181. The standard InChI is InChI=1S/C6H6F2N2.C2H6/c1-5-2-6(10(7)8)4-9-3-5;1-2/h2-4H,1H3;1-2H3. The van der Waals surface area contributed by atoms with Crippen LogP contribution in [0.1, 0.15) is 19.4 Å². The van der Waals surface area contributed by atoms with Crippen LogP contribution >= 0.6 is 0 Å². The molecule has 1 rings (SSSR count). The number of aromatic nitrogens is 1. The van der Waals surface area contributed by atoms with Crippen molar-refractivity contribution in [3.63, 3.8) is 0 Å². The van der Waals surface area contributed by atoms with Crippen molar-refractivity contribution in [2.45, 2.75) is 20.8 Å². The van der Waals surface area contributed by atoms with E-state index in [0.29, 0.717) is 0 Å². The van der Waals surface area contributed by atoms with Gasteiger partial charge in [-0.25, -0.2) is 0 Å². The second kappa shape index (κ2) is 5.46. The Morgan fingerprint density at radius 1 is 1.25 bits per heavy atom. The highest BCUT2D eigenvalue weighted by molar-refractivity contribution is 5.40. The van der Waals surface area contributed by atoms with Crippen LogP contribution in [0.4, 0.5) is 14.6 Å². The molecule has 0 unspecified atom stereocenters. The predicted octanol–water partition coefficient (Wildman–Crippen LogP) is 2.99. The lowest BCUT2D eigenvalue weighted by Gasteiger charge is -2.00. The molecule has 0 aliphatic carbocycles. The minimum Gasteiger partial charge on any atom is -0.262 e. The molecule has 2 nitrogen and oxygen atoms in total. The molecular formula is C8H12F2N2. The molecule has 0 fully saturated rings. The van der Waals surface area contributed by atoms with Crippen molar-refractivity contribution in [3.05, 3.63) is 24.0 Å². The quantitative estimate of drug-likeness (QED) is 0.608. The van der Waals surface area contributed by atoms with Crippen molar-refractivity contribution in [2.75, 3.05) is 5.34 Å². The zero-order valence-electron chi connectivity index (χ0n) is 7.38. The molecule has 0 amide bonds. The van der Waals surface area contributed by atoms with Gasteiger partial charge in [0, 0.05) is 6.20 Å². The summed E-state index contributed by atoms with van der Waals surface area (Å²) in [7, 11) is 0. The first-order valence-electron chi connectivity index (χ1n) is 3.73. The monoisotopic (exact) mass is 174 g/mol. The molecule has 4 heteroatoms. The molecule has 0 saturated heterocycles. The summed E-state index contributed by atoms with van der Waals surface area (Å²) < 4.78 is 23.5. The topological polar surface area (TPSA) is 16.1 Å². The van der Waals surface area contributed by atoms with Gasteiger partial charge >= 0.3 is 0 Å². The lowest BCUT2D eigenvalue weighted by molar-refractivity contribution is 0.235. The van der Waals surface area contributed by atoms with Crippen LogP contribution in [-0.2, 0) is 0 Å². The number of halogens is 2. The van der Waals surface area contributed by atoms with Gasteiger partial charge in [0.15, 0.2) is 0 Å². The Hall–Kier alpha value is -1.19. The first kappa shape index (κ1) is 10.8. The maximum Gasteiger partial charge on any atom is 0.124 e. The summed E-state index contributed by atoms with van der Waals surface area (Å²) in [6, 6.07) is 1.35. The van der Waals surface area contributed by atoms with E-state index in [1.807, 2.05) is 13.8 Å². The van der Waals surface area contributed by atoms with Crippen LogP contribution in [0.15, 0.2) is 18.5 Å². The largest absolute Gasteiger partial charge is 0.262 e. The van der Waals surface area contributed by atoms with Gasteiger partial charge in [0.25, 0.3) is 0 Å². The lowest BCUT2D eigenvalue weighted by atomic mass is 10.3. The normalized spacial score (nSPS) is 8.42. The van der Waals surface area contributed by atoms with Gasteiger partial charge < -0.3 is 0 Å². The molecule has 0 atom stereocenters. The van der Waals surface area contributed by atoms with E-state index in [9.17, 15) is 8.96 Å². The van der Waals surface area contributed by atoms with Crippen LogP contribution < -0.4 is 5.34 Å². The van der Waals surface area contributed by atoms with Crippen molar-refractivity contribution in [1.82, 2.24) is 4.98 Å². The average molecular weight is 174 g/mol. The maximum atomic E-state index is 11.7. The highest BCUT2D eigenvalue weighted by Crippen LogP contribution is 2.13. The highest BCUT2D eigenvalue weighted by Gasteiger charge is 2.01. The smallest absolute Gasteiger partial charge is 0.124 e. The lowest BCUT2D eigenvalue weighted by Crippen LogP contribution is -1.96. The van der Waals surface area contributed by atoms with Gasteiger partial charge in [0.05, 0.1) is 6.20 Å². The van der Waals surface area contributed by atoms with Gasteiger partial charge in [-0.05, 0) is 23.9 Å². The van der Waals surface area contributed by atoms with E-state index >= 15 is 0 Å². The molecule has 0 aromatic carbocycles. The molecule has 0 aliphatic rings. The number of nitrogens with zero attached hydrogens (tertiary/aromatic N) is 2. The van der Waals surface area contributed by atoms with Crippen LogP contribution in [0.2, 0.25) is 0 Å². The summed E-state index contributed by atoms with van der Waals surface area (Å²) in [6.45, 7) is 5.71. The zero-order valence-corrected chi connectivity index (χ0v) is 7.38. The highest BCUT2D eigenvalue weighted by atomic mass is 19.4. The molecule has 0 aliphatic heterocycles. The van der Waals surface area contributed by atoms with E-state index in [1.165, 1.54) is 12.3 Å². The number of hydrogen-bond acceptors (Lipinski definition) is 2. The van der Waals surface area contributed by atoms with Crippen LogP contribution in [-0.4, -0.2) is 4.98 Å². The summed E-state index contributed by atoms with van der Waals surface area (Å²) in [4.78, 5) is 3.58. The van der Waals surface area contributed by atoms with E-state index in [4.69, 9.17) is 0 Å². The van der Waals surface area contributed by atoms with Gasteiger partial charge in [0.2, 0.25) is 0 Å². The second-order valence-electron chi connectivity index (χ2n) is 1.95. The molecule has 68 valence electrons. The fourth-order valence-electron chi connectivity index (χ4n) is 0.631. The van der Waals surface area contributed by atoms with Gasteiger partial charge in [-0.2, -0.15) is 0 Å². The Morgan fingerprint density at radius 3 is 2.17 bits per heavy atom. The summed E-state index contributed by atoms with van der Waals surface area (Å²) in [5.74, 6) is 0. The van der Waals surface area contributed by atoms with E-state index in [0.717, 1.165) is 11.8 Å². The number of pyridine rings is 1. The van der Waals surface area contributed by atoms with Gasteiger partial charge in [-0.1, -0.05) is 22.8 Å². The summed E-state index contributed by atoms with van der Waals surface area (Å²) in [6.07, 6.45) is 2.62. The SMILES string of the molecule is CC.Cc1cncc(N(F)F)c1. The fraction of sp³-hybridized carbons (Fsp3) is 0.375. The molecule has 0 N–H and O–H groups in total. The Bertz CT molecular complexity index is 226. The molecule has 0 spiro atoms. The number of rotatable bonds is 1. The summed E-state index contributed by atoms with van der Waals surface area (Å²) in [5.41, 5.74) is 0.540. The van der Waals surface area contributed by atoms with Gasteiger partial charge in [-0.15, -0.1) is 0 Å². The third kappa shape index (κ3) is 3.27. The Labute approximate surface area is 70.7 Å². The first-order valence-corrected chi connectivity index (χ1v) is 3.73. The zero-order chi connectivity index (χ0) is 9.56. The Morgan fingerprint density at radius 2 is 1.83 bits per heavy atom. The number of anilines is 1. The number of aryl methyl sites for hydroxylation is 1. The molecule has 0 saturated carbocycles. The predicted molar refractivity (Wildman–Crippen MR) is 45.0 cm³/mol. The van der Waals surface area contributed by atoms with Crippen LogP contribution in [0.25, 0.3) is 0 Å². The van der Waals surface area contributed by atoms with E-state index in [-0.39, 0.29) is 5.69 Å².